The van der Waals surface area contributed by atoms with Gasteiger partial charge in [-0.25, -0.2) is 0 Å². The van der Waals surface area contributed by atoms with Crippen LogP contribution in [0.2, 0.25) is 0 Å². The lowest BCUT2D eigenvalue weighted by Gasteiger charge is -2.39. The molecule has 1 saturated heterocycles. The normalized spacial score (nSPS) is 20.0. The molecule has 0 spiro atoms. The Morgan fingerprint density at radius 3 is 2.44 bits per heavy atom. The second-order valence-corrected chi connectivity index (χ2v) is 7.32. The summed E-state index contributed by atoms with van der Waals surface area (Å²) in [5.41, 5.74) is 1.38. The highest BCUT2D eigenvalue weighted by Crippen LogP contribution is 2.27. The fourth-order valence-corrected chi connectivity index (χ4v) is 3.65. The molecule has 1 aromatic heterocycles. The van der Waals surface area contributed by atoms with Gasteiger partial charge in [0.05, 0.1) is 30.1 Å². The first kappa shape index (κ1) is 19.9. The van der Waals surface area contributed by atoms with Gasteiger partial charge in [0.1, 0.15) is 0 Å². The lowest BCUT2D eigenvalue weighted by atomic mass is 9.86. The summed E-state index contributed by atoms with van der Waals surface area (Å²) in [6.45, 7) is 14.0. The zero-order valence-electron chi connectivity index (χ0n) is 16.5. The van der Waals surface area contributed by atoms with Crippen LogP contribution < -0.4 is 0 Å². The van der Waals surface area contributed by atoms with Crippen molar-refractivity contribution in [2.45, 2.75) is 78.6 Å². The van der Waals surface area contributed by atoms with Gasteiger partial charge in [-0.15, -0.1) is 0 Å². The summed E-state index contributed by atoms with van der Waals surface area (Å²) in [7, 11) is 0. The molecule has 6 nitrogen and oxygen atoms in total. The standard InChI is InChI=1S/C17H28N4O2.C2H6/c1-13(2)19-6-4-17(23,5-7-19)11-15-10-16-12-20(14(3)22)8-9-21(16)18-15;1-2/h10,13,23H,4-9,11-12H2,1-3H3;1-2H3. The minimum absolute atomic E-state index is 0.110. The van der Waals surface area contributed by atoms with Crippen LogP contribution in [-0.2, 0) is 24.3 Å². The van der Waals surface area contributed by atoms with E-state index in [9.17, 15) is 9.90 Å². The number of aliphatic hydroxyl groups is 1. The number of hydrogen-bond acceptors (Lipinski definition) is 4. The number of nitrogens with zero attached hydrogens (tertiary/aromatic N) is 4. The summed E-state index contributed by atoms with van der Waals surface area (Å²) in [5.74, 6) is 0.110. The van der Waals surface area contributed by atoms with Crippen molar-refractivity contribution in [3.63, 3.8) is 0 Å². The van der Waals surface area contributed by atoms with Gasteiger partial charge in [0.25, 0.3) is 0 Å². The number of piperidine rings is 1. The minimum atomic E-state index is -0.643. The molecule has 1 aromatic rings. The van der Waals surface area contributed by atoms with E-state index in [1.165, 1.54) is 0 Å². The largest absolute Gasteiger partial charge is 0.389 e. The van der Waals surface area contributed by atoms with Crippen LogP contribution >= 0.6 is 0 Å². The lowest BCUT2D eigenvalue weighted by Crippen LogP contribution is -2.47. The van der Waals surface area contributed by atoms with Gasteiger partial charge in [0.15, 0.2) is 0 Å². The van der Waals surface area contributed by atoms with Crippen LogP contribution in [0, 0.1) is 0 Å². The molecule has 0 atom stereocenters. The summed E-state index contributed by atoms with van der Waals surface area (Å²) in [6, 6.07) is 2.60. The molecular formula is C19H34N4O2. The van der Waals surface area contributed by atoms with E-state index >= 15 is 0 Å². The number of carbonyl (C=O) groups excluding carboxylic acids is 1. The fourth-order valence-electron chi connectivity index (χ4n) is 3.65. The van der Waals surface area contributed by atoms with Crippen LogP contribution in [0.15, 0.2) is 6.07 Å². The Bertz CT molecular complexity index is 574. The molecule has 0 aliphatic carbocycles. The van der Waals surface area contributed by atoms with Gasteiger partial charge in [-0.05, 0) is 32.8 Å². The predicted molar refractivity (Wildman–Crippen MR) is 99.3 cm³/mol. The van der Waals surface area contributed by atoms with Crippen molar-refractivity contribution in [1.29, 1.82) is 0 Å². The first-order valence-corrected chi connectivity index (χ1v) is 9.64. The molecule has 0 bridgehead atoms. The van der Waals surface area contributed by atoms with Gasteiger partial charge < -0.3 is 14.9 Å². The number of amides is 1. The molecule has 1 N–H and O–H groups in total. The van der Waals surface area contributed by atoms with Crippen molar-refractivity contribution in [1.82, 2.24) is 19.6 Å². The van der Waals surface area contributed by atoms with Crippen LogP contribution in [0.5, 0.6) is 0 Å². The van der Waals surface area contributed by atoms with Crippen molar-refractivity contribution in [2.75, 3.05) is 19.6 Å². The summed E-state index contributed by atoms with van der Waals surface area (Å²) in [5, 5.41) is 15.5. The fraction of sp³-hybridized carbons (Fsp3) is 0.789. The van der Waals surface area contributed by atoms with Crippen molar-refractivity contribution in [3.8, 4) is 0 Å². The average molecular weight is 351 g/mol. The maximum atomic E-state index is 11.5. The van der Waals surface area contributed by atoms with E-state index in [0.29, 0.717) is 19.0 Å². The average Bonchev–Trinajstić information content (AvgIpc) is 2.97. The molecule has 3 heterocycles. The van der Waals surface area contributed by atoms with Crippen LogP contribution in [0.1, 0.15) is 58.8 Å². The monoisotopic (exact) mass is 350 g/mol. The Morgan fingerprint density at radius 2 is 1.88 bits per heavy atom. The molecule has 0 saturated carbocycles. The number of aromatic nitrogens is 2. The highest BCUT2D eigenvalue weighted by atomic mass is 16.3. The molecule has 0 radical (unpaired) electrons. The molecule has 1 amide bonds. The number of rotatable bonds is 3. The van der Waals surface area contributed by atoms with Gasteiger partial charge in [-0.3, -0.25) is 9.48 Å². The van der Waals surface area contributed by atoms with Crippen molar-refractivity contribution >= 4 is 5.91 Å². The zero-order chi connectivity index (χ0) is 18.6. The van der Waals surface area contributed by atoms with E-state index in [0.717, 1.165) is 50.4 Å². The summed E-state index contributed by atoms with van der Waals surface area (Å²) >= 11 is 0. The molecule has 25 heavy (non-hydrogen) atoms. The third kappa shape index (κ3) is 4.82. The van der Waals surface area contributed by atoms with Crippen LogP contribution in [0.25, 0.3) is 0 Å². The first-order chi connectivity index (χ1) is 11.9. The summed E-state index contributed by atoms with van der Waals surface area (Å²) in [6.07, 6.45) is 2.21. The van der Waals surface area contributed by atoms with Gasteiger partial charge in [-0.2, -0.15) is 5.10 Å². The van der Waals surface area contributed by atoms with Crippen LogP contribution in [0.3, 0.4) is 0 Å². The molecule has 142 valence electrons. The second-order valence-electron chi connectivity index (χ2n) is 7.32. The first-order valence-electron chi connectivity index (χ1n) is 9.64. The minimum Gasteiger partial charge on any atom is -0.389 e. The SMILES string of the molecule is CC.CC(=O)N1CCn2nc(CC3(O)CCN(C(C)C)CC3)cc2C1. The smallest absolute Gasteiger partial charge is 0.219 e. The van der Waals surface area contributed by atoms with Crippen molar-refractivity contribution < 1.29 is 9.90 Å². The molecule has 2 aliphatic heterocycles. The maximum Gasteiger partial charge on any atom is 0.219 e. The summed E-state index contributed by atoms with van der Waals surface area (Å²) in [4.78, 5) is 15.8. The maximum absolute atomic E-state index is 11.5. The molecule has 6 heteroatoms. The highest BCUT2D eigenvalue weighted by molar-refractivity contribution is 5.73. The van der Waals surface area contributed by atoms with Gasteiger partial charge in [-0.1, -0.05) is 13.8 Å². The number of fused-ring (bicyclic) bond motifs is 1. The molecule has 1 fully saturated rings. The Kier molecular flexibility index (Phi) is 6.63. The Balaban J connectivity index is 0.00000109. The number of carbonyl (C=O) groups is 1. The topological polar surface area (TPSA) is 61.6 Å². The molecule has 0 unspecified atom stereocenters. The lowest BCUT2D eigenvalue weighted by molar-refractivity contribution is -0.130. The van der Waals surface area contributed by atoms with E-state index in [2.05, 4.69) is 29.9 Å². The van der Waals surface area contributed by atoms with E-state index in [1.807, 2.05) is 23.4 Å². The Hall–Kier alpha value is -1.40. The van der Waals surface area contributed by atoms with Crippen molar-refractivity contribution in [2.24, 2.45) is 0 Å². The molecule has 0 aromatic carbocycles. The van der Waals surface area contributed by atoms with Gasteiger partial charge in [0, 0.05) is 39.0 Å². The van der Waals surface area contributed by atoms with Gasteiger partial charge in [0.2, 0.25) is 5.91 Å². The van der Waals surface area contributed by atoms with E-state index < -0.39 is 5.60 Å². The Morgan fingerprint density at radius 1 is 1.24 bits per heavy atom. The second kappa shape index (κ2) is 8.32. The van der Waals surface area contributed by atoms with Crippen LogP contribution in [-0.4, -0.2) is 61.9 Å². The van der Waals surface area contributed by atoms with E-state index in [1.54, 1.807) is 6.92 Å². The third-order valence-corrected chi connectivity index (χ3v) is 5.26. The predicted octanol–water partition coefficient (Wildman–Crippen LogP) is 2.05. The van der Waals surface area contributed by atoms with Crippen LogP contribution in [0.4, 0.5) is 0 Å². The summed E-state index contributed by atoms with van der Waals surface area (Å²) < 4.78 is 1.99. The quantitative estimate of drug-likeness (QED) is 0.906. The molecular weight excluding hydrogens is 316 g/mol. The number of hydrogen-bond donors (Lipinski definition) is 1. The highest BCUT2D eigenvalue weighted by Gasteiger charge is 2.34. The third-order valence-electron chi connectivity index (χ3n) is 5.26. The van der Waals surface area contributed by atoms with E-state index in [4.69, 9.17) is 0 Å². The molecule has 2 aliphatic rings. The van der Waals surface area contributed by atoms with Crippen molar-refractivity contribution in [3.05, 3.63) is 17.5 Å². The van der Waals surface area contributed by atoms with Gasteiger partial charge >= 0.3 is 0 Å². The zero-order valence-corrected chi connectivity index (χ0v) is 16.5. The Labute approximate surface area is 151 Å². The number of likely N-dealkylation sites (tertiary alicyclic amines) is 1. The molecule has 3 rings (SSSR count). The van der Waals surface area contributed by atoms with E-state index in [-0.39, 0.29) is 5.91 Å².